The third-order valence-electron chi connectivity index (χ3n) is 2.88. The molecule has 1 saturated heterocycles. The minimum Gasteiger partial charge on any atom is -0.275 e. The second kappa shape index (κ2) is 5.45. The molecular weight excluding hydrogens is 341 g/mol. The fourth-order valence-corrected chi connectivity index (χ4v) is 4.09. The Kier molecular flexibility index (Phi) is 4.16. The molecule has 0 unspecified atom stereocenters. The van der Waals surface area contributed by atoms with Crippen molar-refractivity contribution in [3.8, 4) is 0 Å². The lowest BCUT2D eigenvalue weighted by atomic mass is 10.2. The largest absolute Gasteiger partial charge is 0.339 e. The fourth-order valence-electron chi connectivity index (χ4n) is 1.84. The Morgan fingerprint density at radius 3 is 2.43 bits per heavy atom. The summed E-state index contributed by atoms with van der Waals surface area (Å²) in [5.41, 5.74) is 0.736. The van der Waals surface area contributed by atoms with Gasteiger partial charge in [-0.2, -0.15) is 0 Å². The number of aryl methyl sites for hydroxylation is 1. The van der Waals surface area contributed by atoms with Crippen LogP contribution >= 0.6 is 23.2 Å². The maximum Gasteiger partial charge on any atom is 0.339 e. The van der Waals surface area contributed by atoms with Gasteiger partial charge in [0.25, 0.3) is 10.0 Å². The van der Waals surface area contributed by atoms with Crippen molar-refractivity contribution in [1.29, 1.82) is 0 Å². The summed E-state index contributed by atoms with van der Waals surface area (Å²) in [6.07, 6.45) is 0. The van der Waals surface area contributed by atoms with Crippen molar-refractivity contribution in [2.24, 2.45) is 0 Å². The van der Waals surface area contributed by atoms with E-state index in [2.05, 4.69) is 0 Å². The van der Waals surface area contributed by atoms with Crippen LogP contribution in [-0.4, -0.2) is 31.9 Å². The van der Waals surface area contributed by atoms with Crippen LogP contribution in [-0.2, 0) is 14.8 Å². The van der Waals surface area contributed by atoms with E-state index in [-0.39, 0.29) is 20.5 Å². The number of halogens is 2. The zero-order valence-electron chi connectivity index (χ0n) is 11.0. The Bertz CT molecular complexity index is 722. The zero-order valence-corrected chi connectivity index (χ0v) is 13.4. The van der Waals surface area contributed by atoms with Crippen molar-refractivity contribution in [1.82, 2.24) is 15.2 Å². The van der Waals surface area contributed by atoms with Crippen LogP contribution in [0.15, 0.2) is 11.0 Å². The molecule has 1 aliphatic heterocycles. The first kappa shape index (κ1) is 16.0. The van der Waals surface area contributed by atoms with Crippen LogP contribution in [0, 0.1) is 13.8 Å². The van der Waals surface area contributed by atoms with Crippen LogP contribution in [0.1, 0.15) is 11.1 Å². The molecule has 1 aromatic rings. The quantitative estimate of drug-likeness (QED) is 0.803. The average Bonchev–Trinajstić information content (AvgIpc) is 2.64. The predicted molar refractivity (Wildman–Crippen MR) is 76.5 cm³/mol. The number of hydrogen-bond donors (Lipinski definition) is 2. The number of benzene rings is 1. The van der Waals surface area contributed by atoms with E-state index in [0.717, 1.165) is 0 Å². The van der Waals surface area contributed by atoms with Gasteiger partial charge < -0.3 is 0 Å². The lowest BCUT2D eigenvalue weighted by molar-refractivity contribution is -0.118. The summed E-state index contributed by atoms with van der Waals surface area (Å²) in [7, 11) is -4.16. The Morgan fingerprint density at radius 1 is 1.29 bits per heavy atom. The number of nitrogens with one attached hydrogen (secondary N) is 2. The molecule has 0 spiro atoms. The van der Waals surface area contributed by atoms with E-state index in [1.165, 1.54) is 6.92 Å². The lowest BCUT2D eigenvalue weighted by Crippen LogP contribution is -2.44. The molecule has 21 heavy (non-hydrogen) atoms. The molecule has 1 aliphatic rings. The maximum atomic E-state index is 12.4. The maximum absolute atomic E-state index is 12.4. The second-order valence-electron chi connectivity index (χ2n) is 4.48. The lowest BCUT2D eigenvalue weighted by Gasteiger charge is -2.18. The van der Waals surface area contributed by atoms with E-state index >= 15 is 0 Å². The van der Waals surface area contributed by atoms with E-state index in [1.807, 2.05) is 10.1 Å². The molecule has 0 aliphatic carbocycles. The topological polar surface area (TPSA) is 95.6 Å². The summed E-state index contributed by atoms with van der Waals surface area (Å²) in [5.74, 6) is -0.604. The van der Waals surface area contributed by atoms with Crippen LogP contribution in [0.5, 0.6) is 0 Å². The minimum absolute atomic E-state index is 0.00957. The Hall–Kier alpha value is -1.35. The molecule has 1 heterocycles. The highest BCUT2D eigenvalue weighted by Gasteiger charge is 2.33. The third kappa shape index (κ3) is 2.98. The molecule has 0 atom stereocenters. The summed E-state index contributed by atoms with van der Waals surface area (Å²) in [5, 5.41) is 2.86. The second-order valence-corrected chi connectivity index (χ2v) is 6.86. The molecule has 0 radical (unpaired) electrons. The zero-order chi connectivity index (χ0) is 15.9. The summed E-state index contributed by atoms with van der Waals surface area (Å²) in [4.78, 5) is 24.3. The molecule has 0 bridgehead atoms. The van der Waals surface area contributed by atoms with E-state index in [0.29, 0.717) is 10.6 Å². The molecule has 3 amide bonds. The standard InChI is InChI=1S/C11H11Cl2N3O4S/c1-5-3-7(12)6(2)10(9(5)13)21(19,20)15-16-4-8(17)14-11(16)18/h3,15H,4H2,1-2H3,(H,14,17,18). The van der Waals surface area contributed by atoms with Crippen LogP contribution in [0.3, 0.4) is 0 Å². The predicted octanol–water partition coefficient (Wildman–Crippen LogP) is 1.36. The highest BCUT2D eigenvalue weighted by Crippen LogP contribution is 2.33. The summed E-state index contributed by atoms with van der Waals surface area (Å²) in [6, 6.07) is 0.695. The van der Waals surface area contributed by atoms with Crippen LogP contribution in [0.4, 0.5) is 4.79 Å². The van der Waals surface area contributed by atoms with Crippen molar-refractivity contribution in [3.63, 3.8) is 0 Å². The van der Waals surface area contributed by atoms with Crippen molar-refractivity contribution >= 4 is 45.2 Å². The number of amides is 3. The van der Waals surface area contributed by atoms with E-state index in [9.17, 15) is 18.0 Å². The number of imide groups is 1. The fraction of sp³-hybridized carbons (Fsp3) is 0.273. The van der Waals surface area contributed by atoms with Gasteiger partial charge in [0.05, 0.1) is 5.02 Å². The Balaban J connectivity index is 2.46. The van der Waals surface area contributed by atoms with E-state index in [1.54, 1.807) is 13.0 Å². The van der Waals surface area contributed by atoms with Crippen molar-refractivity contribution in [2.75, 3.05) is 6.54 Å². The molecular formula is C11H11Cl2N3O4S. The molecule has 1 aromatic carbocycles. The monoisotopic (exact) mass is 351 g/mol. The van der Waals surface area contributed by atoms with Crippen LogP contribution in [0.2, 0.25) is 10.0 Å². The summed E-state index contributed by atoms with van der Waals surface area (Å²) >= 11 is 12.0. The SMILES string of the molecule is Cc1cc(Cl)c(C)c(S(=O)(=O)NN2CC(=O)NC2=O)c1Cl. The molecule has 114 valence electrons. The molecule has 2 N–H and O–H groups in total. The number of rotatable bonds is 3. The van der Waals surface area contributed by atoms with Gasteiger partial charge in [-0.15, -0.1) is 4.83 Å². The van der Waals surface area contributed by atoms with Crippen molar-refractivity contribution in [2.45, 2.75) is 18.7 Å². The number of hydrogen-bond acceptors (Lipinski definition) is 4. The highest BCUT2D eigenvalue weighted by atomic mass is 35.5. The number of sulfonamides is 1. The number of carbonyl (C=O) groups excluding carboxylic acids is 2. The molecule has 2 rings (SSSR count). The van der Waals surface area contributed by atoms with Gasteiger partial charge in [-0.1, -0.05) is 23.2 Å². The first-order chi connectivity index (χ1) is 9.63. The molecule has 0 saturated carbocycles. The van der Waals surface area contributed by atoms with Gasteiger partial charge in [-0.3, -0.25) is 10.1 Å². The summed E-state index contributed by atoms with van der Waals surface area (Å²) < 4.78 is 24.8. The van der Waals surface area contributed by atoms with Gasteiger partial charge in [0.15, 0.2) is 0 Å². The van der Waals surface area contributed by atoms with Gasteiger partial charge >= 0.3 is 6.03 Å². The van der Waals surface area contributed by atoms with Crippen LogP contribution < -0.4 is 10.1 Å². The van der Waals surface area contributed by atoms with Crippen LogP contribution in [0.25, 0.3) is 0 Å². The molecule has 7 nitrogen and oxygen atoms in total. The van der Waals surface area contributed by atoms with Gasteiger partial charge in [0.2, 0.25) is 5.91 Å². The van der Waals surface area contributed by atoms with Gasteiger partial charge in [0, 0.05) is 5.02 Å². The van der Waals surface area contributed by atoms with E-state index < -0.39 is 28.5 Å². The first-order valence-electron chi connectivity index (χ1n) is 5.72. The number of nitrogens with zero attached hydrogens (tertiary/aromatic N) is 1. The minimum atomic E-state index is -4.16. The summed E-state index contributed by atoms with van der Waals surface area (Å²) in [6.45, 7) is 2.70. The first-order valence-corrected chi connectivity index (χ1v) is 7.96. The van der Waals surface area contributed by atoms with Gasteiger partial charge in [-0.05, 0) is 31.0 Å². The highest BCUT2D eigenvalue weighted by molar-refractivity contribution is 7.89. The average molecular weight is 352 g/mol. The van der Waals surface area contributed by atoms with Gasteiger partial charge in [-0.25, -0.2) is 18.2 Å². The van der Waals surface area contributed by atoms with E-state index in [4.69, 9.17) is 23.2 Å². The molecule has 0 aromatic heterocycles. The smallest absolute Gasteiger partial charge is 0.275 e. The Morgan fingerprint density at radius 2 is 1.90 bits per heavy atom. The Labute approximate surface area is 131 Å². The van der Waals surface area contributed by atoms with Crippen molar-refractivity contribution in [3.05, 3.63) is 27.2 Å². The number of urea groups is 1. The molecule has 1 fully saturated rings. The third-order valence-corrected chi connectivity index (χ3v) is 5.38. The van der Waals surface area contributed by atoms with Gasteiger partial charge in [0.1, 0.15) is 11.4 Å². The number of carbonyl (C=O) groups is 2. The normalized spacial score (nSPS) is 15.5. The van der Waals surface area contributed by atoms with Crippen molar-refractivity contribution < 1.29 is 18.0 Å². The molecule has 10 heteroatoms. The number of hydrazine groups is 1.